The summed E-state index contributed by atoms with van der Waals surface area (Å²) >= 11 is 1.72. The Morgan fingerprint density at radius 2 is 1.85 bits per heavy atom. The number of nitrogens with zero attached hydrogens (tertiary/aromatic N) is 1. The third-order valence-corrected chi connectivity index (χ3v) is 6.09. The van der Waals surface area contributed by atoms with Gasteiger partial charge in [0.1, 0.15) is 0 Å². The Labute approximate surface area is 158 Å². The van der Waals surface area contributed by atoms with E-state index >= 15 is 0 Å². The van der Waals surface area contributed by atoms with E-state index < -0.39 is 0 Å². The highest BCUT2D eigenvalue weighted by molar-refractivity contribution is 7.10. The Morgan fingerprint density at radius 1 is 1.04 bits per heavy atom. The minimum Gasteiger partial charge on any atom is -0.320 e. The van der Waals surface area contributed by atoms with E-state index in [-0.39, 0.29) is 5.91 Å². The van der Waals surface area contributed by atoms with Crippen molar-refractivity contribution in [2.75, 3.05) is 5.32 Å². The number of benzene rings is 1. The van der Waals surface area contributed by atoms with Gasteiger partial charge in [0, 0.05) is 22.0 Å². The fourth-order valence-electron chi connectivity index (χ4n) is 3.60. The van der Waals surface area contributed by atoms with Crippen LogP contribution in [0.1, 0.15) is 53.3 Å². The molecule has 0 spiro atoms. The number of carbonyl (C=O) groups excluding carboxylic acids is 1. The summed E-state index contributed by atoms with van der Waals surface area (Å²) in [7, 11) is 0. The number of nitrogens with one attached hydrogen (secondary N) is 1. The Hall–Kier alpha value is -2.46. The van der Waals surface area contributed by atoms with Gasteiger partial charge in [-0.3, -0.25) is 9.78 Å². The summed E-state index contributed by atoms with van der Waals surface area (Å²) in [6, 6.07) is 15.8. The quantitative estimate of drug-likeness (QED) is 0.608. The van der Waals surface area contributed by atoms with Crippen LogP contribution in [0.25, 0.3) is 11.3 Å². The van der Waals surface area contributed by atoms with Gasteiger partial charge in [0.2, 0.25) is 0 Å². The Balaban J connectivity index is 1.53. The lowest BCUT2D eigenvalue weighted by atomic mass is 9.88. The van der Waals surface area contributed by atoms with Gasteiger partial charge in [0.05, 0.1) is 16.9 Å². The lowest BCUT2D eigenvalue weighted by Crippen LogP contribution is -2.12. The molecule has 26 heavy (non-hydrogen) atoms. The maximum absolute atomic E-state index is 12.8. The van der Waals surface area contributed by atoms with Crippen molar-refractivity contribution in [1.82, 2.24) is 4.98 Å². The van der Waals surface area contributed by atoms with Crippen LogP contribution in [0.4, 0.5) is 5.69 Å². The highest BCUT2D eigenvalue weighted by atomic mass is 32.1. The first kappa shape index (κ1) is 17.0. The van der Waals surface area contributed by atoms with Crippen LogP contribution in [0.3, 0.4) is 0 Å². The van der Waals surface area contributed by atoms with Crippen molar-refractivity contribution < 1.29 is 4.79 Å². The van der Waals surface area contributed by atoms with Crippen LogP contribution in [0.5, 0.6) is 0 Å². The first-order valence-electron chi connectivity index (χ1n) is 9.21. The average molecular weight is 362 g/mol. The van der Waals surface area contributed by atoms with E-state index in [2.05, 4.69) is 16.4 Å². The smallest absolute Gasteiger partial charge is 0.256 e. The van der Waals surface area contributed by atoms with Crippen molar-refractivity contribution in [3.05, 3.63) is 70.5 Å². The molecule has 4 rings (SSSR count). The monoisotopic (exact) mass is 362 g/mol. The second-order valence-electron chi connectivity index (χ2n) is 6.79. The molecular formula is C22H22N2OS. The second kappa shape index (κ2) is 7.83. The molecular weight excluding hydrogens is 340 g/mol. The van der Waals surface area contributed by atoms with Gasteiger partial charge in [-0.2, -0.15) is 0 Å². The van der Waals surface area contributed by atoms with Gasteiger partial charge in [-0.15, -0.1) is 11.3 Å². The van der Waals surface area contributed by atoms with Gasteiger partial charge in [0.25, 0.3) is 5.91 Å². The number of aromatic nitrogens is 1. The molecule has 1 aliphatic rings. The molecule has 1 N–H and O–H groups in total. The summed E-state index contributed by atoms with van der Waals surface area (Å²) in [5.74, 6) is 0.571. The highest BCUT2D eigenvalue weighted by Crippen LogP contribution is 2.36. The maximum atomic E-state index is 12.8. The molecule has 1 aromatic carbocycles. The van der Waals surface area contributed by atoms with Crippen molar-refractivity contribution in [2.45, 2.75) is 38.0 Å². The predicted octanol–water partition coefficient (Wildman–Crippen LogP) is 6.11. The van der Waals surface area contributed by atoms with Crippen LogP contribution in [0, 0.1) is 0 Å². The minimum absolute atomic E-state index is 0.0616. The highest BCUT2D eigenvalue weighted by Gasteiger charge is 2.19. The molecule has 0 radical (unpaired) electrons. The summed E-state index contributed by atoms with van der Waals surface area (Å²) in [6.07, 6.45) is 8.22. The van der Waals surface area contributed by atoms with Gasteiger partial charge >= 0.3 is 0 Å². The number of thiophene rings is 1. The largest absolute Gasteiger partial charge is 0.320 e. The van der Waals surface area contributed by atoms with E-state index in [0.29, 0.717) is 5.92 Å². The maximum Gasteiger partial charge on any atom is 0.256 e. The topological polar surface area (TPSA) is 42.0 Å². The molecule has 1 aliphatic carbocycles. The van der Waals surface area contributed by atoms with Crippen LogP contribution in [0.2, 0.25) is 0 Å². The number of rotatable bonds is 4. The van der Waals surface area contributed by atoms with Crippen LogP contribution < -0.4 is 5.32 Å². The molecule has 2 aromatic heterocycles. The van der Waals surface area contributed by atoms with E-state index in [9.17, 15) is 4.79 Å². The molecule has 1 saturated carbocycles. The zero-order valence-electron chi connectivity index (χ0n) is 14.7. The molecule has 0 aliphatic heterocycles. The van der Waals surface area contributed by atoms with Crippen molar-refractivity contribution in [2.24, 2.45) is 0 Å². The Bertz CT molecular complexity index is 882. The molecule has 1 amide bonds. The van der Waals surface area contributed by atoms with E-state index in [1.807, 2.05) is 47.8 Å². The van der Waals surface area contributed by atoms with E-state index in [1.165, 1.54) is 37.0 Å². The third kappa shape index (κ3) is 3.70. The SMILES string of the molecule is O=C(Nc1cccnc1-c1ccccc1)c1csc(C2CCCCC2)c1. The third-order valence-electron chi connectivity index (χ3n) is 4.99. The van der Waals surface area contributed by atoms with Crippen molar-refractivity contribution >= 4 is 22.9 Å². The molecule has 1 fully saturated rings. The molecule has 0 unspecified atom stereocenters. The summed E-state index contributed by atoms with van der Waals surface area (Å²) in [4.78, 5) is 18.6. The first-order valence-corrected chi connectivity index (χ1v) is 10.1. The molecule has 2 heterocycles. The molecule has 3 aromatic rings. The normalized spacial score (nSPS) is 14.9. The summed E-state index contributed by atoms with van der Waals surface area (Å²) in [5, 5.41) is 5.03. The number of carbonyl (C=O) groups is 1. The number of hydrogen-bond acceptors (Lipinski definition) is 3. The average Bonchev–Trinajstić information content (AvgIpc) is 3.20. The number of hydrogen-bond donors (Lipinski definition) is 1. The molecule has 0 atom stereocenters. The molecule has 0 saturated heterocycles. The fraction of sp³-hybridized carbons (Fsp3) is 0.273. The Morgan fingerprint density at radius 3 is 2.65 bits per heavy atom. The van der Waals surface area contributed by atoms with Crippen LogP contribution in [-0.4, -0.2) is 10.9 Å². The van der Waals surface area contributed by atoms with Crippen LogP contribution in [0.15, 0.2) is 60.1 Å². The molecule has 4 heteroatoms. The van der Waals surface area contributed by atoms with Gasteiger partial charge < -0.3 is 5.32 Å². The molecule has 0 bridgehead atoms. The van der Waals surface area contributed by atoms with E-state index in [1.54, 1.807) is 17.5 Å². The summed E-state index contributed by atoms with van der Waals surface area (Å²) < 4.78 is 0. The van der Waals surface area contributed by atoms with Crippen molar-refractivity contribution in [3.8, 4) is 11.3 Å². The van der Waals surface area contributed by atoms with Gasteiger partial charge in [-0.05, 0) is 37.0 Å². The first-order chi connectivity index (χ1) is 12.8. The number of pyridine rings is 1. The standard InChI is InChI=1S/C22H22N2OS/c25-22(18-14-20(26-15-18)16-8-3-1-4-9-16)24-19-12-7-13-23-21(19)17-10-5-2-6-11-17/h2,5-7,10-16H,1,3-4,8-9H2,(H,24,25). The molecule has 132 valence electrons. The minimum atomic E-state index is -0.0616. The van der Waals surface area contributed by atoms with Crippen molar-refractivity contribution in [3.63, 3.8) is 0 Å². The lowest BCUT2D eigenvalue weighted by Gasteiger charge is -2.19. The van der Waals surface area contributed by atoms with Crippen molar-refractivity contribution in [1.29, 1.82) is 0 Å². The number of amides is 1. The van der Waals surface area contributed by atoms with Gasteiger partial charge in [-0.1, -0.05) is 49.6 Å². The van der Waals surface area contributed by atoms with Gasteiger partial charge in [-0.25, -0.2) is 0 Å². The lowest BCUT2D eigenvalue weighted by molar-refractivity contribution is 0.102. The zero-order chi connectivity index (χ0) is 17.8. The van der Waals surface area contributed by atoms with Crippen LogP contribution in [-0.2, 0) is 0 Å². The Kier molecular flexibility index (Phi) is 5.12. The second-order valence-corrected chi connectivity index (χ2v) is 7.74. The van der Waals surface area contributed by atoms with E-state index in [0.717, 1.165) is 22.5 Å². The summed E-state index contributed by atoms with van der Waals surface area (Å²) in [6.45, 7) is 0. The van der Waals surface area contributed by atoms with Crippen LogP contribution >= 0.6 is 11.3 Å². The molecule has 3 nitrogen and oxygen atoms in total. The predicted molar refractivity (Wildman–Crippen MR) is 108 cm³/mol. The fourth-order valence-corrected chi connectivity index (χ4v) is 4.66. The number of anilines is 1. The zero-order valence-corrected chi connectivity index (χ0v) is 15.5. The van der Waals surface area contributed by atoms with E-state index in [4.69, 9.17) is 0 Å². The van der Waals surface area contributed by atoms with Gasteiger partial charge in [0.15, 0.2) is 0 Å². The summed E-state index contributed by atoms with van der Waals surface area (Å²) in [5.41, 5.74) is 3.29.